The number of hydrogen-bond acceptors (Lipinski definition) is 5. The number of nitrogens with two attached hydrogens (primary N) is 1. The average Bonchev–Trinajstić information content (AvgIpc) is 2.35. The molecular weight excluding hydrogens is 272 g/mol. The first-order chi connectivity index (χ1) is 9.66. The summed E-state index contributed by atoms with van der Waals surface area (Å²) in [5.41, 5.74) is 6.49. The highest BCUT2D eigenvalue weighted by Crippen LogP contribution is 2.23. The fraction of sp³-hybridized carbons (Fsp3) is 0.429. The van der Waals surface area contributed by atoms with Gasteiger partial charge >= 0.3 is 0 Å². The van der Waals surface area contributed by atoms with Crippen LogP contribution < -0.4 is 11.1 Å². The second-order valence-electron chi connectivity index (χ2n) is 6.05. The number of aromatic nitrogens is 1. The topological polar surface area (TPSA) is 105 Å². The molecule has 112 valence electrons. The van der Waals surface area contributed by atoms with E-state index in [9.17, 15) is 14.4 Å². The molecule has 3 N–H and O–H groups in total. The van der Waals surface area contributed by atoms with Crippen LogP contribution in [0.1, 0.15) is 36.8 Å². The van der Waals surface area contributed by atoms with Gasteiger partial charge in [-0.2, -0.15) is 0 Å². The van der Waals surface area contributed by atoms with Crippen molar-refractivity contribution in [1.82, 2.24) is 15.2 Å². The van der Waals surface area contributed by atoms with E-state index >= 15 is 0 Å². The monoisotopic (exact) mass is 290 g/mol. The molecule has 0 aliphatic carbocycles. The number of imide groups is 1. The van der Waals surface area contributed by atoms with Crippen molar-refractivity contribution >= 4 is 23.5 Å². The zero-order valence-corrected chi connectivity index (χ0v) is 12.3. The minimum Gasteiger partial charge on any atom is -0.384 e. The van der Waals surface area contributed by atoms with E-state index < -0.39 is 17.7 Å². The molecule has 2 rings (SSSR count). The van der Waals surface area contributed by atoms with Gasteiger partial charge in [-0.1, -0.05) is 20.8 Å². The lowest BCUT2D eigenvalue weighted by molar-refractivity contribution is -0.135. The maximum absolute atomic E-state index is 12.4. The lowest BCUT2D eigenvalue weighted by Gasteiger charge is -2.26. The van der Waals surface area contributed by atoms with E-state index in [4.69, 9.17) is 5.73 Å². The van der Waals surface area contributed by atoms with Crippen LogP contribution in [0.5, 0.6) is 0 Å². The summed E-state index contributed by atoms with van der Waals surface area (Å²) in [7, 11) is 0. The van der Waals surface area contributed by atoms with Crippen LogP contribution >= 0.6 is 0 Å². The molecule has 0 unspecified atom stereocenters. The number of carbonyl (C=O) groups excluding carboxylic acids is 3. The van der Waals surface area contributed by atoms with E-state index in [-0.39, 0.29) is 24.3 Å². The molecule has 1 aromatic heterocycles. The van der Waals surface area contributed by atoms with Gasteiger partial charge < -0.3 is 10.6 Å². The standard InChI is InChI=1S/C14H18N4O3/c1-14(2,3)9-4-8(5-10(15)16-9)13(21)18-6-11(19)17-12(20)7-18/h4-5H,6-7H2,1-3H3,(H2,15,16)(H,17,19,20). The van der Waals surface area contributed by atoms with Crippen LogP contribution in [0.25, 0.3) is 0 Å². The van der Waals surface area contributed by atoms with Gasteiger partial charge in [0, 0.05) is 16.7 Å². The van der Waals surface area contributed by atoms with E-state index in [2.05, 4.69) is 10.3 Å². The Balaban J connectivity index is 2.33. The summed E-state index contributed by atoms with van der Waals surface area (Å²) in [4.78, 5) is 40.6. The van der Waals surface area contributed by atoms with Crippen molar-refractivity contribution in [1.29, 1.82) is 0 Å². The lowest BCUT2D eigenvalue weighted by atomic mass is 9.90. The molecule has 0 atom stereocenters. The molecule has 0 radical (unpaired) electrons. The van der Waals surface area contributed by atoms with E-state index in [0.717, 1.165) is 0 Å². The molecule has 0 saturated carbocycles. The Morgan fingerprint density at radius 1 is 1.24 bits per heavy atom. The van der Waals surface area contributed by atoms with Crippen molar-refractivity contribution in [2.45, 2.75) is 26.2 Å². The molecule has 1 saturated heterocycles. The minimum absolute atomic E-state index is 0.141. The van der Waals surface area contributed by atoms with Gasteiger partial charge in [-0.15, -0.1) is 0 Å². The highest BCUT2D eigenvalue weighted by molar-refractivity contribution is 6.05. The number of anilines is 1. The second kappa shape index (κ2) is 5.16. The number of nitrogens with one attached hydrogen (secondary N) is 1. The predicted molar refractivity (Wildman–Crippen MR) is 76.4 cm³/mol. The van der Waals surface area contributed by atoms with Crippen molar-refractivity contribution in [2.75, 3.05) is 18.8 Å². The SMILES string of the molecule is CC(C)(C)c1cc(C(=O)N2CC(=O)NC(=O)C2)cc(N)n1. The molecule has 0 aromatic carbocycles. The zero-order valence-electron chi connectivity index (χ0n) is 12.3. The third kappa shape index (κ3) is 3.36. The van der Waals surface area contributed by atoms with Crippen LogP contribution in [0.4, 0.5) is 5.82 Å². The van der Waals surface area contributed by atoms with Crippen molar-refractivity contribution in [3.8, 4) is 0 Å². The van der Waals surface area contributed by atoms with Gasteiger partial charge in [-0.05, 0) is 12.1 Å². The van der Waals surface area contributed by atoms with Gasteiger partial charge in [-0.3, -0.25) is 19.7 Å². The quantitative estimate of drug-likeness (QED) is 0.711. The molecule has 1 aromatic rings. The Bertz CT molecular complexity index is 603. The first kappa shape index (κ1) is 15.0. The van der Waals surface area contributed by atoms with Gasteiger partial charge in [0.15, 0.2) is 0 Å². The molecule has 7 heteroatoms. The van der Waals surface area contributed by atoms with Gasteiger partial charge in [0.05, 0.1) is 0 Å². The molecule has 1 aliphatic heterocycles. The van der Waals surface area contributed by atoms with Crippen LogP contribution in [-0.2, 0) is 15.0 Å². The number of piperazine rings is 1. The Morgan fingerprint density at radius 3 is 2.33 bits per heavy atom. The number of nitrogens with zero attached hydrogens (tertiary/aromatic N) is 2. The van der Waals surface area contributed by atoms with E-state index in [1.807, 2.05) is 20.8 Å². The summed E-state index contributed by atoms with van der Waals surface area (Å²) in [6.07, 6.45) is 0. The Kier molecular flexibility index (Phi) is 3.67. The number of pyridine rings is 1. The Hall–Kier alpha value is -2.44. The molecule has 1 aliphatic rings. The van der Waals surface area contributed by atoms with Crippen LogP contribution in [0.15, 0.2) is 12.1 Å². The molecule has 2 heterocycles. The van der Waals surface area contributed by atoms with Crippen molar-refractivity contribution in [2.24, 2.45) is 0 Å². The lowest BCUT2D eigenvalue weighted by Crippen LogP contribution is -2.53. The molecule has 21 heavy (non-hydrogen) atoms. The normalized spacial score (nSPS) is 15.9. The first-order valence-corrected chi connectivity index (χ1v) is 6.57. The third-order valence-electron chi connectivity index (χ3n) is 3.10. The number of carbonyl (C=O) groups is 3. The Labute approximate surface area is 122 Å². The molecular formula is C14H18N4O3. The van der Waals surface area contributed by atoms with Gasteiger partial charge in [-0.25, -0.2) is 4.98 Å². The summed E-state index contributed by atoms with van der Waals surface area (Å²) in [5.74, 6) is -1.15. The molecule has 0 bridgehead atoms. The fourth-order valence-corrected chi connectivity index (χ4v) is 2.02. The van der Waals surface area contributed by atoms with Crippen LogP contribution in [0, 0.1) is 0 Å². The zero-order chi connectivity index (χ0) is 15.8. The van der Waals surface area contributed by atoms with E-state index in [0.29, 0.717) is 11.3 Å². The van der Waals surface area contributed by atoms with Gasteiger partial charge in [0.25, 0.3) is 5.91 Å². The molecule has 7 nitrogen and oxygen atoms in total. The van der Waals surface area contributed by atoms with Crippen molar-refractivity contribution in [3.05, 3.63) is 23.4 Å². The van der Waals surface area contributed by atoms with Crippen molar-refractivity contribution < 1.29 is 14.4 Å². The summed E-state index contributed by atoms with van der Waals surface area (Å²) >= 11 is 0. The summed E-state index contributed by atoms with van der Waals surface area (Å²) in [6, 6.07) is 3.10. The predicted octanol–water partition coefficient (Wildman–Crippen LogP) is 0.0599. The van der Waals surface area contributed by atoms with E-state index in [1.165, 1.54) is 11.0 Å². The minimum atomic E-state index is -0.488. The summed E-state index contributed by atoms with van der Waals surface area (Å²) in [6.45, 7) is 5.60. The maximum Gasteiger partial charge on any atom is 0.254 e. The number of hydrogen-bond donors (Lipinski definition) is 2. The highest BCUT2D eigenvalue weighted by atomic mass is 16.2. The summed E-state index contributed by atoms with van der Waals surface area (Å²) in [5, 5.41) is 2.15. The van der Waals surface area contributed by atoms with Gasteiger partial charge in [0.2, 0.25) is 11.8 Å². The largest absolute Gasteiger partial charge is 0.384 e. The maximum atomic E-state index is 12.4. The van der Waals surface area contributed by atoms with Gasteiger partial charge in [0.1, 0.15) is 18.9 Å². The molecule has 0 spiro atoms. The van der Waals surface area contributed by atoms with E-state index in [1.54, 1.807) is 6.07 Å². The molecule has 3 amide bonds. The average molecular weight is 290 g/mol. The summed E-state index contributed by atoms with van der Waals surface area (Å²) < 4.78 is 0. The second-order valence-corrected chi connectivity index (χ2v) is 6.05. The number of amides is 3. The number of nitrogen functional groups attached to an aromatic ring is 1. The van der Waals surface area contributed by atoms with Crippen molar-refractivity contribution in [3.63, 3.8) is 0 Å². The Morgan fingerprint density at radius 2 is 1.81 bits per heavy atom. The number of rotatable bonds is 1. The van der Waals surface area contributed by atoms with Crippen LogP contribution in [0.2, 0.25) is 0 Å². The van der Waals surface area contributed by atoms with Crippen LogP contribution in [-0.4, -0.2) is 40.7 Å². The van der Waals surface area contributed by atoms with Crippen LogP contribution in [0.3, 0.4) is 0 Å². The fourth-order valence-electron chi connectivity index (χ4n) is 2.02. The third-order valence-corrected chi connectivity index (χ3v) is 3.10. The first-order valence-electron chi connectivity index (χ1n) is 6.57. The smallest absolute Gasteiger partial charge is 0.254 e. The highest BCUT2D eigenvalue weighted by Gasteiger charge is 2.28. The molecule has 1 fully saturated rings.